The van der Waals surface area contributed by atoms with Gasteiger partial charge in [0.2, 0.25) is 0 Å². The van der Waals surface area contributed by atoms with Crippen LogP contribution in [-0.4, -0.2) is 10.1 Å². The largest absolute Gasteiger partial charge is 0.380 e. The third kappa shape index (κ3) is 1.27. The van der Waals surface area contributed by atoms with Gasteiger partial charge in [0, 0.05) is 23.9 Å². The highest BCUT2D eigenvalue weighted by molar-refractivity contribution is 5.76. The zero-order valence-electron chi connectivity index (χ0n) is 11.2. The number of nitrogens with two attached hydrogens (primary N) is 1. The van der Waals surface area contributed by atoms with E-state index in [0.717, 1.165) is 40.6 Å². The molecule has 20 heavy (non-hydrogen) atoms. The average molecular weight is 267 g/mol. The Hall–Kier alpha value is -1.84. The maximum atomic E-state index is 6.04. The normalized spacial score (nSPS) is 37.1. The molecule has 3 saturated carbocycles. The Morgan fingerprint density at radius 1 is 1.20 bits per heavy atom. The lowest BCUT2D eigenvalue weighted by molar-refractivity contribution is 0.365. The summed E-state index contributed by atoms with van der Waals surface area (Å²) in [4.78, 5) is 4.19. The lowest BCUT2D eigenvalue weighted by Gasteiger charge is -2.07. The van der Waals surface area contributed by atoms with E-state index in [9.17, 15) is 0 Å². The quantitative estimate of drug-likeness (QED) is 0.908. The summed E-state index contributed by atoms with van der Waals surface area (Å²) < 4.78 is 5.63. The highest BCUT2D eigenvalue weighted by atomic mass is 16.5. The molecule has 4 unspecified atom stereocenters. The molecule has 102 valence electrons. The van der Waals surface area contributed by atoms with Crippen LogP contribution in [0.5, 0.6) is 0 Å². The second-order valence-corrected chi connectivity index (χ2v) is 6.56. The molecule has 2 heterocycles. The van der Waals surface area contributed by atoms with Gasteiger partial charge in [0.1, 0.15) is 0 Å². The third-order valence-corrected chi connectivity index (χ3v) is 5.73. The summed E-state index contributed by atoms with van der Waals surface area (Å²) in [5.74, 6) is 5.58. The molecule has 4 atom stereocenters. The number of rotatable bonds is 2. The molecule has 5 rings (SSSR count). The minimum atomic E-state index is 0.505. The van der Waals surface area contributed by atoms with Crippen LogP contribution in [0.3, 0.4) is 0 Å². The van der Waals surface area contributed by atoms with Gasteiger partial charge in [0.05, 0.1) is 5.56 Å². The molecule has 2 aromatic rings. The number of fused-ring (bicyclic) bond motifs is 5. The fourth-order valence-electron chi connectivity index (χ4n) is 5.02. The molecule has 2 N–H and O–H groups in total. The Bertz CT molecular complexity index is 650. The second-order valence-electron chi connectivity index (χ2n) is 6.56. The first-order chi connectivity index (χ1) is 9.84. The number of hydrogen-bond acceptors (Lipinski definition) is 4. The molecule has 0 radical (unpaired) electrons. The highest BCUT2D eigenvalue weighted by Gasteiger charge is 2.67. The lowest BCUT2D eigenvalue weighted by Crippen LogP contribution is -1.98. The van der Waals surface area contributed by atoms with Gasteiger partial charge < -0.3 is 10.3 Å². The van der Waals surface area contributed by atoms with E-state index in [2.05, 4.69) is 10.1 Å². The summed E-state index contributed by atoms with van der Waals surface area (Å²) in [6.07, 6.45) is 7.89. The Balaban J connectivity index is 1.58. The van der Waals surface area contributed by atoms with E-state index in [1.54, 1.807) is 6.20 Å². The fourth-order valence-corrected chi connectivity index (χ4v) is 5.02. The van der Waals surface area contributed by atoms with Gasteiger partial charge in [0.15, 0.2) is 11.6 Å². The van der Waals surface area contributed by atoms with E-state index in [1.165, 1.54) is 19.3 Å². The predicted octanol–water partition coefficient (Wildman–Crippen LogP) is 3.08. The smallest absolute Gasteiger partial charge is 0.175 e. The Morgan fingerprint density at radius 3 is 2.70 bits per heavy atom. The molecule has 0 aliphatic heterocycles. The van der Waals surface area contributed by atoms with Crippen molar-refractivity contribution >= 4 is 5.82 Å². The first-order valence-electron chi connectivity index (χ1n) is 7.50. The van der Waals surface area contributed by atoms with Crippen LogP contribution in [0.15, 0.2) is 29.0 Å². The van der Waals surface area contributed by atoms with E-state index in [1.807, 2.05) is 18.3 Å². The van der Waals surface area contributed by atoms with Crippen LogP contribution in [0.1, 0.15) is 30.9 Å². The van der Waals surface area contributed by atoms with E-state index in [-0.39, 0.29) is 0 Å². The van der Waals surface area contributed by atoms with Crippen molar-refractivity contribution in [3.63, 3.8) is 0 Å². The van der Waals surface area contributed by atoms with Gasteiger partial charge in [-0.1, -0.05) is 11.2 Å². The van der Waals surface area contributed by atoms with Crippen molar-refractivity contribution in [2.75, 3.05) is 5.73 Å². The van der Waals surface area contributed by atoms with Crippen molar-refractivity contribution in [2.24, 2.45) is 23.7 Å². The SMILES string of the molecule is Nc1noc(C2C3C4CCC(C4)C23)c1-c1cccnc1. The summed E-state index contributed by atoms with van der Waals surface area (Å²) in [7, 11) is 0. The molecule has 3 aliphatic carbocycles. The molecule has 2 aromatic heterocycles. The van der Waals surface area contributed by atoms with Crippen LogP contribution in [0.2, 0.25) is 0 Å². The maximum Gasteiger partial charge on any atom is 0.175 e. The first kappa shape index (κ1) is 10.9. The minimum Gasteiger partial charge on any atom is -0.380 e. The summed E-state index contributed by atoms with van der Waals surface area (Å²) in [6.45, 7) is 0. The molecule has 3 aliphatic rings. The number of nitrogens with zero attached hydrogens (tertiary/aromatic N) is 2. The molecule has 0 amide bonds. The molecule has 0 aromatic carbocycles. The van der Waals surface area contributed by atoms with Crippen LogP contribution >= 0.6 is 0 Å². The Morgan fingerprint density at radius 2 is 2.00 bits per heavy atom. The second kappa shape index (κ2) is 3.62. The zero-order chi connectivity index (χ0) is 13.3. The number of aromatic nitrogens is 2. The van der Waals surface area contributed by atoms with Crippen LogP contribution < -0.4 is 5.73 Å². The van der Waals surface area contributed by atoms with Crippen LogP contribution in [0.25, 0.3) is 11.1 Å². The Kier molecular flexibility index (Phi) is 1.97. The highest BCUT2D eigenvalue weighted by Crippen LogP contribution is 2.73. The lowest BCUT2D eigenvalue weighted by atomic mass is 9.97. The van der Waals surface area contributed by atoms with Gasteiger partial charge in [0.25, 0.3) is 0 Å². The van der Waals surface area contributed by atoms with Crippen LogP contribution in [-0.2, 0) is 0 Å². The third-order valence-electron chi connectivity index (χ3n) is 5.73. The standard InChI is InChI=1S/C16H17N3O/c17-16-13(10-2-1-5-18-7-10)15(20-19-16)14-11-8-3-4-9(6-8)12(11)14/h1-2,5,7-9,11-12,14H,3-4,6H2,(H2,17,19). The zero-order valence-corrected chi connectivity index (χ0v) is 11.2. The topological polar surface area (TPSA) is 64.9 Å². The van der Waals surface area contributed by atoms with Gasteiger partial charge in [-0.05, 0) is 49.0 Å². The van der Waals surface area contributed by atoms with Crippen LogP contribution in [0, 0.1) is 23.7 Å². The fraction of sp³-hybridized carbons (Fsp3) is 0.500. The number of pyridine rings is 1. The van der Waals surface area contributed by atoms with Crippen molar-refractivity contribution in [1.82, 2.24) is 10.1 Å². The van der Waals surface area contributed by atoms with E-state index < -0.39 is 0 Å². The maximum absolute atomic E-state index is 6.04. The van der Waals surface area contributed by atoms with Gasteiger partial charge in [-0.3, -0.25) is 4.98 Å². The van der Waals surface area contributed by atoms with E-state index >= 15 is 0 Å². The number of nitrogen functional groups attached to an aromatic ring is 1. The molecular weight excluding hydrogens is 250 g/mol. The molecule has 4 nitrogen and oxygen atoms in total. The summed E-state index contributed by atoms with van der Waals surface area (Å²) in [5.41, 5.74) is 8.05. The summed E-state index contributed by atoms with van der Waals surface area (Å²) >= 11 is 0. The van der Waals surface area contributed by atoms with E-state index in [0.29, 0.717) is 11.7 Å². The number of anilines is 1. The monoisotopic (exact) mass is 267 g/mol. The van der Waals surface area contributed by atoms with Crippen LogP contribution in [0.4, 0.5) is 5.82 Å². The number of hydrogen-bond donors (Lipinski definition) is 1. The van der Waals surface area contributed by atoms with Gasteiger partial charge in [-0.25, -0.2) is 0 Å². The van der Waals surface area contributed by atoms with Gasteiger partial charge >= 0.3 is 0 Å². The molecule has 0 saturated heterocycles. The summed E-state index contributed by atoms with van der Waals surface area (Å²) in [5, 5.41) is 4.03. The molecule has 4 heteroatoms. The van der Waals surface area contributed by atoms with Crippen molar-refractivity contribution in [2.45, 2.75) is 25.2 Å². The summed E-state index contributed by atoms with van der Waals surface area (Å²) in [6, 6.07) is 3.97. The molecule has 3 fully saturated rings. The van der Waals surface area contributed by atoms with Crippen molar-refractivity contribution in [3.05, 3.63) is 30.3 Å². The molecular formula is C16H17N3O. The average Bonchev–Trinajstić information content (AvgIpc) is 2.80. The Labute approximate surface area is 117 Å². The first-order valence-corrected chi connectivity index (χ1v) is 7.50. The molecule has 2 bridgehead atoms. The van der Waals surface area contributed by atoms with Gasteiger partial charge in [-0.15, -0.1) is 0 Å². The van der Waals surface area contributed by atoms with Gasteiger partial charge in [-0.2, -0.15) is 0 Å². The molecule has 0 spiro atoms. The van der Waals surface area contributed by atoms with Crippen molar-refractivity contribution < 1.29 is 4.52 Å². The van der Waals surface area contributed by atoms with E-state index in [4.69, 9.17) is 10.3 Å². The van der Waals surface area contributed by atoms with Crippen molar-refractivity contribution in [3.8, 4) is 11.1 Å². The minimum absolute atomic E-state index is 0.505. The van der Waals surface area contributed by atoms with Crippen molar-refractivity contribution in [1.29, 1.82) is 0 Å². The predicted molar refractivity (Wildman–Crippen MR) is 74.7 cm³/mol.